The second-order valence-electron chi connectivity index (χ2n) is 5.98. The number of aryl methyl sites for hydroxylation is 2. The van der Waals surface area contributed by atoms with Crippen LogP contribution < -0.4 is 5.32 Å². The molecule has 1 unspecified atom stereocenters. The Bertz CT molecular complexity index is 417. The summed E-state index contributed by atoms with van der Waals surface area (Å²) in [7, 11) is 0. The van der Waals surface area contributed by atoms with Crippen LogP contribution in [0.5, 0.6) is 0 Å². The molecule has 122 valence electrons. The lowest BCUT2D eigenvalue weighted by Crippen LogP contribution is -2.46. The summed E-state index contributed by atoms with van der Waals surface area (Å²) >= 11 is 0. The van der Waals surface area contributed by atoms with Gasteiger partial charge in [-0.3, -0.25) is 4.90 Å². The predicted octanol–water partition coefficient (Wildman–Crippen LogP) is 4.14. The van der Waals surface area contributed by atoms with Crippen molar-refractivity contribution in [3.8, 4) is 0 Å². The van der Waals surface area contributed by atoms with Crippen LogP contribution in [-0.2, 0) is 0 Å². The van der Waals surface area contributed by atoms with E-state index in [1.807, 2.05) is 0 Å². The molecule has 0 radical (unpaired) electrons. The Hall–Kier alpha value is -0.280. The largest absolute Gasteiger partial charge is 0.314 e. The van der Waals surface area contributed by atoms with E-state index in [4.69, 9.17) is 0 Å². The quantitative estimate of drug-likeness (QED) is 0.891. The zero-order chi connectivity index (χ0) is 13.8. The molecule has 0 aliphatic carbocycles. The maximum atomic E-state index is 3.46. The summed E-state index contributed by atoms with van der Waals surface area (Å²) in [6, 6.07) is 7.48. The fourth-order valence-electron chi connectivity index (χ4n) is 3.13. The Balaban J connectivity index is 0.00000200. The van der Waals surface area contributed by atoms with Gasteiger partial charge in [0.2, 0.25) is 0 Å². The lowest BCUT2D eigenvalue weighted by molar-refractivity contribution is 0.128. The highest BCUT2D eigenvalue weighted by atomic mass is 35.5. The number of nitrogens with zero attached hydrogens (tertiary/aromatic N) is 1. The summed E-state index contributed by atoms with van der Waals surface area (Å²) in [4.78, 5) is 2.67. The molecule has 1 aromatic carbocycles. The molecular weight excluding hydrogens is 303 g/mol. The third kappa shape index (κ3) is 5.14. The molecule has 1 heterocycles. The lowest BCUT2D eigenvalue weighted by Gasteiger charge is -2.39. The lowest BCUT2D eigenvalue weighted by atomic mass is 9.87. The van der Waals surface area contributed by atoms with E-state index in [0.29, 0.717) is 12.0 Å². The zero-order valence-corrected chi connectivity index (χ0v) is 15.3. The van der Waals surface area contributed by atoms with Crippen LogP contribution in [-0.4, -0.2) is 31.1 Å². The highest BCUT2D eigenvalue weighted by Gasteiger charge is 2.27. The minimum absolute atomic E-state index is 0. The van der Waals surface area contributed by atoms with Crippen molar-refractivity contribution < 1.29 is 0 Å². The molecular formula is C17H30Cl2N2. The normalized spacial score (nSPS) is 18.3. The first-order chi connectivity index (χ1) is 9.13. The fourth-order valence-corrected chi connectivity index (χ4v) is 3.13. The molecule has 2 rings (SSSR count). The molecule has 21 heavy (non-hydrogen) atoms. The van der Waals surface area contributed by atoms with E-state index in [0.717, 1.165) is 13.1 Å². The van der Waals surface area contributed by atoms with E-state index < -0.39 is 0 Å². The minimum atomic E-state index is 0. The number of piperazine rings is 1. The molecule has 1 fully saturated rings. The molecule has 1 aliphatic heterocycles. The summed E-state index contributed by atoms with van der Waals surface area (Å²) < 4.78 is 0. The van der Waals surface area contributed by atoms with E-state index in [-0.39, 0.29) is 24.8 Å². The first kappa shape index (κ1) is 20.7. The van der Waals surface area contributed by atoms with Crippen LogP contribution in [0.3, 0.4) is 0 Å². The molecule has 2 atom stereocenters. The maximum absolute atomic E-state index is 3.46. The molecule has 1 N–H and O–H groups in total. The van der Waals surface area contributed by atoms with Crippen molar-refractivity contribution in [3.05, 3.63) is 34.9 Å². The van der Waals surface area contributed by atoms with Gasteiger partial charge in [0, 0.05) is 32.2 Å². The third-order valence-corrected chi connectivity index (χ3v) is 4.48. The molecule has 1 aromatic rings. The molecule has 2 nitrogen and oxygen atoms in total. The molecule has 0 aromatic heterocycles. The van der Waals surface area contributed by atoms with Gasteiger partial charge in [-0.15, -0.1) is 24.8 Å². The fraction of sp³-hybridized carbons (Fsp3) is 0.647. The van der Waals surface area contributed by atoms with Gasteiger partial charge in [0.05, 0.1) is 0 Å². The van der Waals surface area contributed by atoms with Crippen LogP contribution in [0.25, 0.3) is 0 Å². The van der Waals surface area contributed by atoms with Crippen molar-refractivity contribution in [3.63, 3.8) is 0 Å². The van der Waals surface area contributed by atoms with Gasteiger partial charge in [0.1, 0.15) is 0 Å². The zero-order valence-electron chi connectivity index (χ0n) is 13.7. The molecule has 0 saturated carbocycles. The highest BCUT2D eigenvalue weighted by Crippen LogP contribution is 2.33. The summed E-state index contributed by atoms with van der Waals surface area (Å²) in [6.45, 7) is 13.8. The average Bonchev–Trinajstić information content (AvgIpc) is 2.44. The van der Waals surface area contributed by atoms with Gasteiger partial charge in [-0.2, -0.15) is 0 Å². The van der Waals surface area contributed by atoms with Gasteiger partial charge in [0.25, 0.3) is 0 Å². The van der Waals surface area contributed by atoms with Gasteiger partial charge >= 0.3 is 0 Å². The van der Waals surface area contributed by atoms with Gasteiger partial charge in [-0.1, -0.05) is 44.0 Å². The van der Waals surface area contributed by atoms with E-state index >= 15 is 0 Å². The van der Waals surface area contributed by atoms with Crippen molar-refractivity contribution in [1.29, 1.82) is 0 Å². The molecule has 1 aliphatic rings. The van der Waals surface area contributed by atoms with E-state index in [9.17, 15) is 0 Å². The standard InChI is InChI=1S/C17H28N2.2ClH/c1-5-14(3)17(19-10-8-18-9-11-19)16-12-13(2)6-7-15(16)4;;/h6-7,12,14,17-18H,5,8-11H2,1-4H3;2*1H/t14?,17-;;/m1../s1. The first-order valence-electron chi connectivity index (χ1n) is 7.65. The summed E-state index contributed by atoms with van der Waals surface area (Å²) in [5, 5.41) is 3.46. The Labute approximate surface area is 142 Å². The monoisotopic (exact) mass is 332 g/mol. The summed E-state index contributed by atoms with van der Waals surface area (Å²) in [6.07, 6.45) is 1.24. The Kier molecular flexibility index (Phi) is 9.55. The third-order valence-electron chi connectivity index (χ3n) is 4.48. The SMILES string of the molecule is CCC(C)[C@H](c1cc(C)ccc1C)N1CCNCC1.Cl.Cl. The molecule has 0 spiro atoms. The van der Waals surface area contributed by atoms with Crippen molar-refractivity contribution in [2.75, 3.05) is 26.2 Å². The predicted molar refractivity (Wildman–Crippen MR) is 97.1 cm³/mol. The van der Waals surface area contributed by atoms with Gasteiger partial charge in [-0.25, -0.2) is 0 Å². The second-order valence-corrected chi connectivity index (χ2v) is 5.98. The van der Waals surface area contributed by atoms with Gasteiger partial charge < -0.3 is 5.32 Å². The molecule has 0 bridgehead atoms. The number of hydrogen-bond donors (Lipinski definition) is 1. The van der Waals surface area contributed by atoms with Crippen LogP contribution in [0.1, 0.15) is 43.0 Å². The number of halogens is 2. The number of benzene rings is 1. The highest BCUT2D eigenvalue weighted by molar-refractivity contribution is 5.85. The Morgan fingerprint density at radius 2 is 1.76 bits per heavy atom. The number of hydrogen-bond acceptors (Lipinski definition) is 2. The minimum Gasteiger partial charge on any atom is -0.314 e. The van der Waals surface area contributed by atoms with Crippen LogP contribution >= 0.6 is 24.8 Å². The van der Waals surface area contributed by atoms with Crippen molar-refractivity contribution in [2.45, 2.75) is 40.2 Å². The number of rotatable bonds is 4. The average molecular weight is 333 g/mol. The topological polar surface area (TPSA) is 15.3 Å². The maximum Gasteiger partial charge on any atom is 0.0377 e. The molecule has 1 saturated heterocycles. The smallest absolute Gasteiger partial charge is 0.0377 e. The first-order valence-corrected chi connectivity index (χ1v) is 7.65. The van der Waals surface area contributed by atoms with Crippen molar-refractivity contribution >= 4 is 24.8 Å². The van der Waals surface area contributed by atoms with E-state index in [1.54, 1.807) is 0 Å². The number of nitrogens with one attached hydrogen (secondary N) is 1. The van der Waals surface area contributed by atoms with Crippen LogP contribution in [0, 0.1) is 19.8 Å². The van der Waals surface area contributed by atoms with Crippen molar-refractivity contribution in [1.82, 2.24) is 10.2 Å². The summed E-state index contributed by atoms with van der Waals surface area (Å²) in [5.74, 6) is 0.707. The van der Waals surface area contributed by atoms with E-state index in [2.05, 4.69) is 56.1 Å². The Morgan fingerprint density at radius 1 is 1.14 bits per heavy atom. The van der Waals surface area contributed by atoms with Gasteiger partial charge in [-0.05, 0) is 30.9 Å². The van der Waals surface area contributed by atoms with E-state index in [1.165, 1.54) is 36.2 Å². The van der Waals surface area contributed by atoms with Crippen LogP contribution in [0.15, 0.2) is 18.2 Å². The summed E-state index contributed by atoms with van der Waals surface area (Å²) in [5.41, 5.74) is 4.36. The Morgan fingerprint density at radius 3 is 2.33 bits per heavy atom. The van der Waals surface area contributed by atoms with Crippen molar-refractivity contribution in [2.24, 2.45) is 5.92 Å². The van der Waals surface area contributed by atoms with Crippen LogP contribution in [0.2, 0.25) is 0 Å². The second kappa shape index (κ2) is 9.68. The molecule has 0 amide bonds. The van der Waals surface area contributed by atoms with Gasteiger partial charge in [0.15, 0.2) is 0 Å². The molecule has 4 heteroatoms. The van der Waals surface area contributed by atoms with Crippen LogP contribution in [0.4, 0.5) is 0 Å².